The van der Waals surface area contributed by atoms with E-state index in [0.29, 0.717) is 19.7 Å². The van der Waals surface area contributed by atoms with Crippen molar-refractivity contribution in [1.82, 2.24) is 4.90 Å². The smallest absolute Gasteiger partial charge is 0.410 e. The molecule has 0 atom stereocenters. The largest absolute Gasteiger partial charge is 0.491 e. The summed E-state index contributed by atoms with van der Waals surface area (Å²) in [7, 11) is 0. The minimum atomic E-state index is -0.494. The highest BCUT2D eigenvalue weighted by Crippen LogP contribution is 2.36. The number of hydrogen-bond donors (Lipinski definition) is 0. The molecule has 0 radical (unpaired) electrons. The van der Waals surface area contributed by atoms with Gasteiger partial charge in [-0.1, -0.05) is 18.2 Å². The zero-order valence-corrected chi connectivity index (χ0v) is 14.5. The number of para-hydroxylation sites is 1. The van der Waals surface area contributed by atoms with Gasteiger partial charge in [-0.05, 0) is 43.2 Å². The van der Waals surface area contributed by atoms with Crippen LogP contribution in [-0.4, -0.2) is 29.7 Å². The minimum absolute atomic E-state index is 0.296. The predicted octanol–water partition coefficient (Wildman–Crippen LogP) is 4.54. The molecule has 0 unspecified atom stereocenters. The second-order valence-electron chi connectivity index (χ2n) is 6.56. The fourth-order valence-corrected chi connectivity index (χ4v) is 3.21. The number of fused-ring (bicyclic) bond motifs is 1. The Labute approximate surface area is 140 Å². The van der Waals surface area contributed by atoms with Crippen LogP contribution >= 0.6 is 11.3 Å². The molecule has 3 rings (SSSR count). The predicted molar refractivity (Wildman–Crippen MR) is 91.9 cm³/mol. The third-order valence-corrected chi connectivity index (χ3v) is 4.23. The summed E-state index contributed by atoms with van der Waals surface area (Å²) in [4.78, 5) is 14.0. The van der Waals surface area contributed by atoms with Crippen LogP contribution in [0.15, 0.2) is 35.0 Å². The maximum atomic E-state index is 12.3. The molecule has 0 bridgehead atoms. The lowest BCUT2D eigenvalue weighted by Crippen LogP contribution is -2.37. The molecule has 0 saturated heterocycles. The lowest BCUT2D eigenvalue weighted by Gasteiger charge is -2.26. The molecule has 0 N–H and O–H groups in total. The molecule has 1 aromatic carbocycles. The van der Waals surface area contributed by atoms with Crippen molar-refractivity contribution in [2.24, 2.45) is 0 Å². The number of nitrogens with zero attached hydrogens (tertiary/aromatic N) is 1. The Morgan fingerprint density at radius 3 is 2.83 bits per heavy atom. The average molecular weight is 331 g/mol. The van der Waals surface area contributed by atoms with Crippen molar-refractivity contribution >= 4 is 17.4 Å². The van der Waals surface area contributed by atoms with Gasteiger partial charge in [-0.15, -0.1) is 0 Å². The summed E-state index contributed by atoms with van der Waals surface area (Å²) in [6.07, 6.45) is -0.296. The first-order valence-electron chi connectivity index (χ1n) is 7.69. The minimum Gasteiger partial charge on any atom is -0.491 e. The second-order valence-corrected chi connectivity index (χ2v) is 7.34. The number of benzene rings is 1. The van der Waals surface area contributed by atoms with Crippen molar-refractivity contribution in [2.75, 3.05) is 13.2 Å². The summed E-state index contributed by atoms with van der Waals surface area (Å²) < 4.78 is 11.5. The topological polar surface area (TPSA) is 38.8 Å². The van der Waals surface area contributed by atoms with E-state index >= 15 is 0 Å². The fourth-order valence-electron chi connectivity index (χ4n) is 2.55. The van der Waals surface area contributed by atoms with E-state index in [-0.39, 0.29) is 6.09 Å². The van der Waals surface area contributed by atoms with E-state index in [1.54, 1.807) is 16.2 Å². The van der Waals surface area contributed by atoms with Crippen molar-refractivity contribution in [2.45, 2.75) is 32.9 Å². The Morgan fingerprint density at radius 1 is 1.30 bits per heavy atom. The molecule has 122 valence electrons. The molecule has 1 aliphatic heterocycles. The van der Waals surface area contributed by atoms with Crippen LogP contribution in [0.2, 0.25) is 0 Å². The van der Waals surface area contributed by atoms with Gasteiger partial charge in [-0.3, -0.25) is 0 Å². The number of thiophene rings is 1. The standard InChI is InChI=1S/C18H21NO3S/c1-18(2,3)22-17(20)19-8-9-21-16-13(11-19)5-4-6-15(16)14-7-10-23-12-14/h4-7,10,12H,8-9,11H2,1-3H3. The third-order valence-electron chi connectivity index (χ3n) is 3.55. The molecular weight excluding hydrogens is 310 g/mol. The Balaban J connectivity index is 1.87. The zero-order chi connectivity index (χ0) is 16.4. The van der Waals surface area contributed by atoms with E-state index in [0.717, 1.165) is 22.4 Å². The highest BCUT2D eigenvalue weighted by atomic mass is 32.1. The maximum absolute atomic E-state index is 12.3. The molecule has 0 aliphatic carbocycles. The van der Waals surface area contributed by atoms with Crippen LogP contribution in [0.5, 0.6) is 5.75 Å². The number of carbonyl (C=O) groups is 1. The van der Waals surface area contributed by atoms with Gasteiger partial charge in [0.25, 0.3) is 0 Å². The van der Waals surface area contributed by atoms with Gasteiger partial charge in [0.1, 0.15) is 18.0 Å². The van der Waals surface area contributed by atoms with Crippen LogP contribution in [0.25, 0.3) is 11.1 Å². The molecule has 0 spiro atoms. The second kappa shape index (κ2) is 6.24. The molecule has 1 aromatic heterocycles. The molecule has 1 amide bonds. The van der Waals surface area contributed by atoms with Crippen LogP contribution in [0, 0.1) is 0 Å². The monoisotopic (exact) mass is 331 g/mol. The van der Waals surface area contributed by atoms with Crippen LogP contribution < -0.4 is 4.74 Å². The lowest BCUT2D eigenvalue weighted by molar-refractivity contribution is 0.0225. The van der Waals surface area contributed by atoms with Gasteiger partial charge in [0, 0.05) is 11.1 Å². The van der Waals surface area contributed by atoms with E-state index in [1.807, 2.05) is 32.9 Å². The van der Waals surface area contributed by atoms with Crippen molar-refractivity contribution in [1.29, 1.82) is 0 Å². The lowest BCUT2D eigenvalue weighted by atomic mass is 10.0. The highest BCUT2D eigenvalue weighted by Gasteiger charge is 2.26. The highest BCUT2D eigenvalue weighted by molar-refractivity contribution is 7.08. The van der Waals surface area contributed by atoms with E-state index in [1.165, 1.54) is 0 Å². The summed E-state index contributed by atoms with van der Waals surface area (Å²) in [6.45, 7) is 7.12. The van der Waals surface area contributed by atoms with Crippen molar-refractivity contribution in [3.63, 3.8) is 0 Å². The first-order valence-corrected chi connectivity index (χ1v) is 8.63. The molecule has 2 aromatic rings. The van der Waals surface area contributed by atoms with Crippen molar-refractivity contribution < 1.29 is 14.3 Å². The third kappa shape index (κ3) is 3.67. The molecule has 0 fully saturated rings. The first kappa shape index (κ1) is 15.9. The molecular formula is C18H21NO3S. The number of carbonyl (C=O) groups excluding carboxylic acids is 1. The van der Waals surface area contributed by atoms with Gasteiger partial charge >= 0.3 is 6.09 Å². The number of hydrogen-bond acceptors (Lipinski definition) is 4. The molecule has 4 nitrogen and oxygen atoms in total. The van der Waals surface area contributed by atoms with Gasteiger partial charge < -0.3 is 14.4 Å². The summed E-state index contributed by atoms with van der Waals surface area (Å²) in [5, 5.41) is 4.16. The van der Waals surface area contributed by atoms with Crippen LogP contribution in [-0.2, 0) is 11.3 Å². The van der Waals surface area contributed by atoms with Crippen molar-refractivity contribution in [3.05, 3.63) is 40.6 Å². The number of amides is 1. The summed E-state index contributed by atoms with van der Waals surface area (Å²) in [6, 6.07) is 8.16. The van der Waals surface area contributed by atoms with E-state index in [9.17, 15) is 4.79 Å². The van der Waals surface area contributed by atoms with E-state index in [2.05, 4.69) is 22.9 Å². The van der Waals surface area contributed by atoms with Gasteiger partial charge in [0.2, 0.25) is 0 Å². The Kier molecular flexibility index (Phi) is 4.31. The molecule has 1 aliphatic rings. The van der Waals surface area contributed by atoms with Gasteiger partial charge in [0.05, 0.1) is 13.1 Å². The normalized spacial score (nSPS) is 14.7. The molecule has 2 heterocycles. The zero-order valence-electron chi connectivity index (χ0n) is 13.7. The number of rotatable bonds is 1. The van der Waals surface area contributed by atoms with Gasteiger partial charge in [0.15, 0.2) is 0 Å². The first-order chi connectivity index (χ1) is 10.9. The Morgan fingerprint density at radius 2 is 2.13 bits per heavy atom. The fraction of sp³-hybridized carbons (Fsp3) is 0.389. The van der Waals surface area contributed by atoms with Gasteiger partial charge in [-0.2, -0.15) is 11.3 Å². The van der Waals surface area contributed by atoms with Crippen molar-refractivity contribution in [3.8, 4) is 16.9 Å². The van der Waals surface area contributed by atoms with Crippen LogP contribution in [0.4, 0.5) is 4.79 Å². The molecule has 5 heteroatoms. The summed E-state index contributed by atoms with van der Waals surface area (Å²) in [5.41, 5.74) is 2.75. The average Bonchev–Trinajstić information content (AvgIpc) is 2.90. The van der Waals surface area contributed by atoms with E-state index in [4.69, 9.17) is 9.47 Å². The summed E-state index contributed by atoms with van der Waals surface area (Å²) >= 11 is 1.66. The van der Waals surface area contributed by atoms with Crippen LogP contribution in [0.1, 0.15) is 26.3 Å². The Bertz CT molecular complexity index is 689. The quantitative estimate of drug-likeness (QED) is 0.770. The number of ether oxygens (including phenoxy) is 2. The SMILES string of the molecule is CC(C)(C)OC(=O)N1CCOc2c(cccc2-c2ccsc2)C1. The van der Waals surface area contributed by atoms with E-state index < -0.39 is 5.60 Å². The van der Waals surface area contributed by atoms with Crippen LogP contribution in [0.3, 0.4) is 0 Å². The Hall–Kier alpha value is -2.01. The van der Waals surface area contributed by atoms with Gasteiger partial charge in [-0.25, -0.2) is 4.79 Å². The molecule has 23 heavy (non-hydrogen) atoms. The summed E-state index contributed by atoms with van der Waals surface area (Å²) in [5.74, 6) is 0.872. The molecule has 0 saturated carbocycles. The maximum Gasteiger partial charge on any atom is 0.410 e.